The third-order valence-corrected chi connectivity index (χ3v) is 1.72. The van der Waals surface area contributed by atoms with Crippen LogP contribution in [-0.4, -0.2) is 12.3 Å². The van der Waals surface area contributed by atoms with Gasteiger partial charge in [0.1, 0.15) is 5.75 Å². The van der Waals surface area contributed by atoms with Crippen LogP contribution < -0.4 is 10.5 Å². The highest BCUT2D eigenvalue weighted by Gasteiger charge is 2.08. The maximum absolute atomic E-state index is 5.52. The predicted octanol–water partition coefficient (Wildman–Crippen LogP) is 1.42. The summed E-state index contributed by atoms with van der Waals surface area (Å²) in [4.78, 5) is 0. The summed E-state index contributed by atoms with van der Waals surface area (Å²) in [5.74, 6) is 0.997. The van der Waals surface area contributed by atoms with Gasteiger partial charge in [0.05, 0.1) is 12.5 Å². The first-order valence-corrected chi connectivity index (χ1v) is 3.51. The third-order valence-electron chi connectivity index (χ3n) is 1.72. The van der Waals surface area contributed by atoms with Crippen molar-refractivity contribution >= 4 is 16.8 Å². The molecule has 0 aliphatic heterocycles. The second-order valence-corrected chi connectivity index (χ2v) is 2.40. The van der Waals surface area contributed by atoms with Crippen LogP contribution >= 0.6 is 0 Å². The van der Waals surface area contributed by atoms with E-state index in [1.54, 1.807) is 7.11 Å². The number of nitrogens with two attached hydrogens (primary N) is 1. The van der Waals surface area contributed by atoms with Crippen molar-refractivity contribution in [1.82, 2.24) is 5.16 Å². The first-order chi connectivity index (χ1) is 5.83. The van der Waals surface area contributed by atoms with E-state index in [0.717, 1.165) is 5.39 Å². The van der Waals surface area contributed by atoms with Gasteiger partial charge in [0.25, 0.3) is 0 Å². The largest absolute Gasteiger partial charge is 0.494 e. The fourth-order valence-corrected chi connectivity index (χ4v) is 1.12. The number of nitrogen functional groups attached to an aromatic ring is 1. The van der Waals surface area contributed by atoms with Gasteiger partial charge in [-0.15, -0.1) is 0 Å². The summed E-state index contributed by atoms with van der Waals surface area (Å²) < 4.78 is 9.87. The molecular weight excluding hydrogens is 156 g/mol. The van der Waals surface area contributed by atoms with Crippen molar-refractivity contribution in [2.24, 2.45) is 0 Å². The number of methoxy groups -OCH3 is 1. The molecule has 0 atom stereocenters. The molecule has 0 aliphatic carbocycles. The minimum absolute atomic E-state index is 0.323. The highest BCUT2D eigenvalue weighted by atomic mass is 16.5. The molecular formula is C8H8N2O2. The van der Waals surface area contributed by atoms with Crippen molar-refractivity contribution in [2.75, 3.05) is 12.8 Å². The predicted molar refractivity (Wildman–Crippen MR) is 45.0 cm³/mol. The normalized spacial score (nSPS) is 10.4. The summed E-state index contributed by atoms with van der Waals surface area (Å²) >= 11 is 0. The average molecular weight is 164 g/mol. The number of aromatic nitrogens is 1. The van der Waals surface area contributed by atoms with E-state index in [9.17, 15) is 0 Å². The van der Waals surface area contributed by atoms with Crippen LogP contribution in [0.15, 0.2) is 22.7 Å². The number of rotatable bonds is 1. The van der Waals surface area contributed by atoms with Gasteiger partial charge in [-0.2, -0.15) is 0 Å². The maximum Gasteiger partial charge on any atom is 0.230 e. The summed E-state index contributed by atoms with van der Waals surface area (Å²) in [7, 11) is 1.58. The lowest BCUT2D eigenvalue weighted by Crippen LogP contribution is -1.84. The SMILES string of the molecule is COc1cccc2c(N)onc12. The zero-order chi connectivity index (χ0) is 8.55. The Kier molecular flexibility index (Phi) is 1.40. The quantitative estimate of drug-likeness (QED) is 0.692. The molecule has 0 fully saturated rings. The van der Waals surface area contributed by atoms with E-state index >= 15 is 0 Å². The summed E-state index contributed by atoms with van der Waals surface area (Å²) in [5, 5.41) is 4.55. The molecule has 0 spiro atoms. The second-order valence-electron chi connectivity index (χ2n) is 2.40. The average Bonchev–Trinajstić information content (AvgIpc) is 2.48. The van der Waals surface area contributed by atoms with Crippen LogP contribution in [0.25, 0.3) is 10.9 Å². The van der Waals surface area contributed by atoms with Gasteiger partial charge < -0.3 is 15.0 Å². The second kappa shape index (κ2) is 2.41. The Morgan fingerprint density at radius 3 is 3.08 bits per heavy atom. The van der Waals surface area contributed by atoms with Crippen molar-refractivity contribution in [2.45, 2.75) is 0 Å². The Bertz CT molecular complexity index is 408. The van der Waals surface area contributed by atoms with Gasteiger partial charge in [-0.3, -0.25) is 0 Å². The van der Waals surface area contributed by atoms with E-state index in [0.29, 0.717) is 17.2 Å². The Morgan fingerprint density at radius 2 is 2.33 bits per heavy atom. The van der Waals surface area contributed by atoms with Gasteiger partial charge in [0.2, 0.25) is 5.88 Å². The lowest BCUT2D eigenvalue weighted by molar-refractivity contribution is 0.409. The molecule has 1 aromatic carbocycles. The lowest BCUT2D eigenvalue weighted by Gasteiger charge is -1.97. The molecule has 0 saturated heterocycles. The number of benzene rings is 1. The zero-order valence-corrected chi connectivity index (χ0v) is 6.57. The van der Waals surface area contributed by atoms with Crippen molar-refractivity contribution in [1.29, 1.82) is 0 Å². The van der Waals surface area contributed by atoms with Crippen LogP contribution in [0.2, 0.25) is 0 Å². The Labute approximate surface area is 68.9 Å². The van der Waals surface area contributed by atoms with Gasteiger partial charge >= 0.3 is 0 Å². The van der Waals surface area contributed by atoms with E-state index in [-0.39, 0.29) is 0 Å². The van der Waals surface area contributed by atoms with Crippen LogP contribution in [0.5, 0.6) is 5.75 Å². The molecule has 12 heavy (non-hydrogen) atoms. The summed E-state index contributed by atoms with van der Waals surface area (Å²) in [6.07, 6.45) is 0. The van der Waals surface area contributed by atoms with E-state index in [1.165, 1.54) is 0 Å². The van der Waals surface area contributed by atoms with Gasteiger partial charge in [0, 0.05) is 0 Å². The molecule has 0 amide bonds. The molecule has 0 aliphatic rings. The minimum Gasteiger partial charge on any atom is -0.494 e. The van der Waals surface area contributed by atoms with Crippen LogP contribution in [0.1, 0.15) is 0 Å². The molecule has 1 aromatic heterocycles. The Balaban J connectivity index is 2.81. The van der Waals surface area contributed by atoms with E-state index in [4.69, 9.17) is 15.0 Å². The minimum atomic E-state index is 0.323. The van der Waals surface area contributed by atoms with Crippen molar-refractivity contribution in [3.8, 4) is 5.75 Å². The monoisotopic (exact) mass is 164 g/mol. The van der Waals surface area contributed by atoms with Gasteiger partial charge in [-0.05, 0) is 12.1 Å². The van der Waals surface area contributed by atoms with Crippen LogP contribution in [0.3, 0.4) is 0 Å². The Hall–Kier alpha value is -1.71. The first-order valence-electron chi connectivity index (χ1n) is 3.51. The van der Waals surface area contributed by atoms with E-state index < -0.39 is 0 Å². The number of hydrogen-bond donors (Lipinski definition) is 1. The van der Waals surface area contributed by atoms with Crippen molar-refractivity contribution < 1.29 is 9.26 Å². The molecule has 0 unspecified atom stereocenters. The molecule has 0 saturated carbocycles. The Morgan fingerprint density at radius 1 is 1.50 bits per heavy atom. The molecule has 4 heteroatoms. The first kappa shape index (κ1) is 6.97. The highest BCUT2D eigenvalue weighted by molar-refractivity contribution is 5.91. The molecule has 2 N–H and O–H groups in total. The third kappa shape index (κ3) is 0.812. The number of fused-ring (bicyclic) bond motifs is 1. The summed E-state index contributed by atoms with van der Waals surface area (Å²) in [6.45, 7) is 0. The molecule has 0 radical (unpaired) electrons. The van der Waals surface area contributed by atoms with E-state index in [1.807, 2.05) is 18.2 Å². The smallest absolute Gasteiger partial charge is 0.230 e. The molecule has 1 heterocycles. The molecule has 2 rings (SSSR count). The van der Waals surface area contributed by atoms with Crippen LogP contribution in [0.4, 0.5) is 5.88 Å². The van der Waals surface area contributed by atoms with Gasteiger partial charge in [0.15, 0.2) is 5.52 Å². The lowest BCUT2D eigenvalue weighted by atomic mass is 10.2. The van der Waals surface area contributed by atoms with E-state index in [2.05, 4.69) is 5.16 Å². The summed E-state index contributed by atoms with van der Waals surface area (Å²) in [5.41, 5.74) is 6.18. The maximum atomic E-state index is 5.52. The van der Waals surface area contributed by atoms with Gasteiger partial charge in [-0.25, -0.2) is 0 Å². The number of nitrogens with zero attached hydrogens (tertiary/aromatic N) is 1. The highest BCUT2D eigenvalue weighted by Crippen LogP contribution is 2.27. The van der Waals surface area contributed by atoms with Crippen LogP contribution in [-0.2, 0) is 0 Å². The van der Waals surface area contributed by atoms with Gasteiger partial charge in [-0.1, -0.05) is 11.2 Å². The topological polar surface area (TPSA) is 61.3 Å². The van der Waals surface area contributed by atoms with Crippen molar-refractivity contribution in [3.05, 3.63) is 18.2 Å². The standard InChI is InChI=1S/C8H8N2O2/c1-11-6-4-2-3-5-7(6)10-12-8(5)9/h2-4H,9H2,1H3. The zero-order valence-electron chi connectivity index (χ0n) is 6.57. The molecule has 4 nitrogen and oxygen atoms in total. The molecule has 2 aromatic rings. The molecule has 62 valence electrons. The van der Waals surface area contributed by atoms with Crippen molar-refractivity contribution in [3.63, 3.8) is 0 Å². The summed E-state index contributed by atoms with van der Waals surface area (Å²) in [6, 6.07) is 5.49. The molecule has 0 bridgehead atoms. The number of hydrogen-bond acceptors (Lipinski definition) is 4. The fraction of sp³-hybridized carbons (Fsp3) is 0.125. The number of ether oxygens (including phenoxy) is 1. The number of anilines is 1. The fourth-order valence-electron chi connectivity index (χ4n) is 1.12. The van der Waals surface area contributed by atoms with Crippen LogP contribution in [0, 0.1) is 0 Å².